The number of benzene rings is 1. The molecule has 0 amide bonds. The maximum Gasteiger partial charge on any atom is 0.123 e. The summed E-state index contributed by atoms with van der Waals surface area (Å²) < 4.78 is 15.1. The van der Waals surface area contributed by atoms with Gasteiger partial charge < -0.3 is 5.73 Å². The molecule has 0 saturated heterocycles. The second-order valence-electron chi connectivity index (χ2n) is 4.50. The predicted octanol–water partition coefficient (Wildman–Crippen LogP) is 2.83. The van der Waals surface area contributed by atoms with Crippen molar-refractivity contribution in [2.24, 2.45) is 0 Å². The predicted molar refractivity (Wildman–Crippen MR) is 71.0 cm³/mol. The highest BCUT2D eigenvalue weighted by atomic mass is 19.1. The van der Waals surface area contributed by atoms with Gasteiger partial charge in [0.2, 0.25) is 0 Å². The van der Waals surface area contributed by atoms with E-state index >= 15 is 0 Å². The summed E-state index contributed by atoms with van der Waals surface area (Å²) in [4.78, 5) is 0. The highest BCUT2D eigenvalue weighted by Crippen LogP contribution is 2.18. The van der Waals surface area contributed by atoms with E-state index in [9.17, 15) is 4.39 Å². The third-order valence-electron chi connectivity index (χ3n) is 3.31. The summed E-state index contributed by atoms with van der Waals surface area (Å²) in [6, 6.07) is 4.44. The molecule has 0 aliphatic rings. The molecule has 0 unspecified atom stereocenters. The third-order valence-corrected chi connectivity index (χ3v) is 3.31. The Morgan fingerprint density at radius 1 is 1.33 bits per heavy atom. The molecule has 1 heterocycles. The van der Waals surface area contributed by atoms with Crippen LogP contribution < -0.4 is 5.73 Å². The normalized spacial score (nSPS) is 10.9. The van der Waals surface area contributed by atoms with E-state index in [2.05, 4.69) is 12.0 Å². The van der Waals surface area contributed by atoms with E-state index in [0.29, 0.717) is 12.2 Å². The number of aryl methyl sites for hydroxylation is 1. The van der Waals surface area contributed by atoms with Crippen LogP contribution in [0.4, 0.5) is 10.1 Å². The number of hydrogen-bond acceptors (Lipinski definition) is 2. The summed E-state index contributed by atoms with van der Waals surface area (Å²) in [6.07, 6.45) is 0.955. The number of nitrogens with two attached hydrogens (primary N) is 1. The van der Waals surface area contributed by atoms with Crippen LogP contribution in [0.25, 0.3) is 0 Å². The fourth-order valence-electron chi connectivity index (χ4n) is 2.27. The zero-order valence-corrected chi connectivity index (χ0v) is 11.0. The van der Waals surface area contributed by atoms with Crippen molar-refractivity contribution in [3.8, 4) is 0 Å². The molecular formula is C14H18FN3. The Bertz CT molecular complexity index is 573. The van der Waals surface area contributed by atoms with Gasteiger partial charge in [0.25, 0.3) is 0 Å². The summed E-state index contributed by atoms with van der Waals surface area (Å²) >= 11 is 0. The fourth-order valence-corrected chi connectivity index (χ4v) is 2.27. The number of aromatic nitrogens is 2. The Kier molecular flexibility index (Phi) is 3.36. The molecule has 1 aromatic carbocycles. The molecule has 2 aromatic rings. The molecule has 1 aromatic heterocycles. The van der Waals surface area contributed by atoms with Crippen LogP contribution in [-0.2, 0) is 13.0 Å². The molecule has 0 radical (unpaired) electrons. The van der Waals surface area contributed by atoms with Gasteiger partial charge in [0.15, 0.2) is 0 Å². The number of anilines is 1. The molecule has 4 heteroatoms. The van der Waals surface area contributed by atoms with Crippen molar-refractivity contribution < 1.29 is 4.39 Å². The zero-order chi connectivity index (χ0) is 13.3. The van der Waals surface area contributed by atoms with Gasteiger partial charge in [-0.25, -0.2) is 4.39 Å². The van der Waals surface area contributed by atoms with E-state index in [1.807, 2.05) is 18.5 Å². The molecule has 3 nitrogen and oxygen atoms in total. The van der Waals surface area contributed by atoms with E-state index in [0.717, 1.165) is 23.4 Å². The van der Waals surface area contributed by atoms with Crippen molar-refractivity contribution in [3.63, 3.8) is 0 Å². The van der Waals surface area contributed by atoms with Gasteiger partial charge in [-0.3, -0.25) is 4.68 Å². The lowest BCUT2D eigenvalue weighted by Gasteiger charge is -2.08. The Labute approximate surface area is 106 Å². The van der Waals surface area contributed by atoms with E-state index in [4.69, 9.17) is 5.73 Å². The van der Waals surface area contributed by atoms with Crippen molar-refractivity contribution in [2.75, 3.05) is 5.73 Å². The van der Waals surface area contributed by atoms with Crippen LogP contribution in [-0.4, -0.2) is 9.78 Å². The molecule has 0 fully saturated rings. The highest BCUT2D eigenvalue weighted by Gasteiger charge is 2.11. The summed E-state index contributed by atoms with van der Waals surface area (Å²) in [6.45, 7) is 6.65. The van der Waals surface area contributed by atoms with E-state index in [1.165, 1.54) is 17.7 Å². The first-order chi connectivity index (χ1) is 8.52. The Morgan fingerprint density at radius 2 is 2.06 bits per heavy atom. The molecule has 96 valence electrons. The number of hydrogen-bond donors (Lipinski definition) is 1. The number of nitrogen functional groups attached to an aromatic ring is 1. The van der Waals surface area contributed by atoms with Crippen LogP contribution in [0, 0.1) is 19.7 Å². The Hall–Kier alpha value is -1.84. The van der Waals surface area contributed by atoms with E-state index in [-0.39, 0.29) is 5.82 Å². The minimum Gasteiger partial charge on any atom is -0.398 e. The summed E-state index contributed by atoms with van der Waals surface area (Å²) in [5, 5.41) is 4.49. The lowest BCUT2D eigenvalue weighted by molar-refractivity contribution is 0.616. The minimum absolute atomic E-state index is 0.267. The molecule has 0 bridgehead atoms. The number of halogens is 1. The van der Waals surface area contributed by atoms with Gasteiger partial charge in [-0.2, -0.15) is 5.10 Å². The molecule has 0 saturated carbocycles. The summed E-state index contributed by atoms with van der Waals surface area (Å²) in [7, 11) is 0. The molecular weight excluding hydrogens is 229 g/mol. The maximum atomic E-state index is 13.2. The van der Waals surface area contributed by atoms with Crippen LogP contribution in [0.2, 0.25) is 0 Å². The highest BCUT2D eigenvalue weighted by molar-refractivity contribution is 5.47. The van der Waals surface area contributed by atoms with Crippen LogP contribution in [0.1, 0.15) is 29.4 Å². The van der Waals surface area contributed by atoms with Crippen molar-refractivity contribution in [3.05, 3.63) is 46.5 Å². The first kappa shape index (κ1) is 12.6. The minimum atomic E-state index is -0.267. The summed E-state index contributed by atoms with van der Waals surface area (Å²) in [5.41, 5.74) is 10.6. The topological polar surface area (TPSA) is 43.8 Å². The first-order valence-corrected chi connectivity index (χ1v) is 6.09. The zero-order valence-electron chi connectivity index (χ0n) is 11.0. The SMILES string of the molecule is CCc1c(C)nn(Cc2cc(F)ccc2N)c1C. The summed E-state index contributed by atoms with van der Waals surface area (Å²) in [5.74, 6) is -0.267. The number of nitrogens with zero attached hydrogens (tertiary/aromatic N) is 2. The van der Waals surface area contributed by atoms with Gasteiger partial charge in [0.1, 0.15) is 5.82 Å². The molecule has 2 N–H and O–H groups in total. The van der Waals surface area contributed by atoms with Gasteiger partial charge in [-0.05, 0) is 49.6 Å². The van der Waals surface area contributed by atoms with Crippen molar-refractivity contribution in [1.82, 2.24) is 9.78 Å². The average Bonchev–Trinajstić information content (AvgIpc) is 2.59. The Morgan fingerprint density at radius 3 is 2.67 bits per heavy atom. The van der Waals surface area contributed by atoms with Gasteiger partial charge in [-0.15, -0.1) is 0 Å². The van der Waals surface area contributed by atoms with Gasteiger partial charge in [-0.1, -0.05) is 6.92 Å². The monoisotopic (exact) mass is 247 g/mol. The standard InChI is InChI=1S/C14H18FN3/c1-4-13-9(2)17-18(10(13)3)8-11-7-12(15)5-6-14(11)16/h5-7H,4,8,16H2,1-3H3. The van der Waals surface area contributed by atoms with Crippen LogP contribution in [0.5, 0.6) is 0 Å². The molecule has 0 spiro atoms. The van der Waals surface area contributed by atoms with Gasteiger partial charge in [0.05, 0.1) is 12.2 Å². The van der Waals surface area contributed by atoms with Gasteiger partial charge in [0, 0.05) is 11.4 Å². The van der Waals surface area contributed by atoms with E-state index in [1.54, 1.807) is 6.07 Å². The second kappa shape index (κ2) is 4.80. The van der Waals surface area contributed by atoms with Crippen molar-refractivity contribution in [2.45, 2.75) is 33.7 Å². The van der Waals surface area contributed by atoms with Crippen LogP contribution in [0.15, 0.2) is 18.2 Å². The molecule has 18 heavy (non-hydrogen) atoms. The number of rotatable bonds is 3. The first-order valence-electron chi connectivity index (χ1n) is 6.09. The molecule has 2 rings (SSSR count). The lowest BCUT2D eigenvalue weighted by atomic mass is 10.1. The van der Waals surface area contributed by atoms with Crippen molar-refractivity contribution in [1.29, 1.82) is 0 Å². The molecule has 0 atom stereocenters. The second-order valence-corrected chi connectivity index (χ2v) is 4.50. The quantitative estimate of drug-likeness (QED) is 0.847. The van der Waals surface area contributed by atoms with Crippen LogP contribution in [0.3, 0.4) is 0 Å². The molecule has 0 aliphatic carbocycles. The lowest BCUT2D eigenvalue weighted by Crippen LogP contribution is -2.07. The van der Waals surface area contributed by atoms with Gasteiger partial charge >= 0.3 is 0 Å². The van der Waals surface area contributed by atoms with Crippen LogP contribution >= 0.6 is 0 Å². The molecule has 0 aliphatic heterocycles. The smallest absolute Gasteiger partial charge is 0.123 e. The van der Waals surface area contributed by atoms with Crippen molar-refractivity contribution >= 4 is 5.69 Å². The largest absolute Gasteiger partial charge is 0.398 e. The van der Waals surface area contributed by atoms with E-state index < -0.39 is 0 Å². The maximum absolute atomic E-state index is 13.2. The third kappa shape index (κ3) is 2.23. The average molecular weight is 247 g/mol. The Balaban J connectivity index is 2.37. The fraction of sp³-hybridized carbons (Fsp3) is 0.357.